The van der Waals surface area contributed by atoms with Gasteiger partial charge in [0.2, 0.25) is 0 Å². The number of benzene rings is 2. The van der Waals surface area contributed by atoms with Gasteiger partial charge >= 0.3 is 18.9 Å². The van der Waals surface area contributed by atoms with Crippen molar-refractivity contribution >= 4 is 0 Å². The van der Waals surface area contributed by atoms with Crippen molar-refractivity contribution in [2.75, 3.05) is 0 Å². The van der Waals surface area contributed by atoms with Crippen LogP contribution in [0.15, 0.2) is 42.5 Å². The van der Waals surface area contributed by atoms with Crippen molar-refractivity contribution in [1.82, 2.24) is 0 Å². The number of nitriles is 1. The van der Waals surface area contributed by atoms with Crippen molar-refractivity contribution in [2.45, 2.75) is 19.8 Å². The molecule has 0 radical (unpaired) electrons. The molecule has 0 saturated heterocycles. The average Bonchev–Trinajstić information content (AvgIpc) is 2.36. The average molecular weight is 227 g/mol. The van der Waals surface area contributed by atoms with E-state index in [1.54, 1.807) is 0 Å². The Balaban J connectivity index is 0.00000162. The van der Waals surface area contributed by atoms with Gasteiger partial charge in [0.05, 0.1) is 12.0 Å². The molecular weight excluding hydrogens is 213 g/mol. The Labute approximate surface area is 121 Å². The number of aryl methyl sites for hydroxylation is 2. The Kier molecular flexibility index (Phi) is 5.23. The molecule has 1 unspecified atom stereocenters. The Morgan fingerprint density at radius 2 is 1.72 bits per heavy atom. The summed E-state index contributed by atoms with van der Waals surface area (Å²) in [6.07, 6.45) is 0. The third-order valence-corrected chi connectivity index (χ3v) is 2.89. The van der Waals surface area contributed by atoms with Gasteiger partial charge in [-0.15, -0.1) is 5.56 Å². The molecule has 2 rings (SSSR count). The van der Waals surface area contributed by atoms with Crippen LogP contribution in [0.5, 0.6) is 0 Å². The summed E-state index contributed by atoms with van der Waals surface area (Å²) in [6.45, 7) is 4.03. The van der Waals surface area contributed by atoms with Crippen LogP contribution in [0.4, 0.5) is 0 Å². The Morgan fingerprint density at radius 1 is 1.06 bits per heavy atom. The summed E-state index contributed by atoms with van der Waals surface area (Å²) >= 11 is 0. The molecule has 2 aromatic rings. The molecule has 0 heterocycles. The second kappa shape index (κ2) is 6.46. The molecule has 18 heavy (non-hydrogen) atoms. The van der Waals surface area contributed by atoms with E-state index in [0.717, 1.165) is 22.3 Å². The van der Waals surface area contributed by atoms with E-state index in [9.17, 15) is 5.26 Å². The van der Waals surface area contributed by atoms with Crippen LogP contribution in [0.1, 0.15) is 28.2 Å². The molecule has 0 saturated carbocycles. The molecule has 0 amide bonds. The zero-order chi connectivity index (χ0) is 12.3. The molecule has 0 fully saturated rings. The van der Waals surface area contributed by atoms with Crippen molar-refractivity contribution in [2.24, 2.45) is 0 Å². The van der Waals surface area contributed by atoms with Gasteiger partial charge in [-0.05, 0) is 5.56 Å². The fourth-order valence-corrected chi connectivity index (χ4v) is 1.94. The van der Waals surface area contributed by atoms with Crippen molar-refractivity contribution in [3.63, 3.8) is 0 Å². The van der Waals surface area contributed by atoms with E-state index < -0.39 is 0 Å². The molecule has 2 heteroatoms. The van der Waals surface area contributed by atoms with E-state index in [2.05, 4.69) is 18.2 Å². The normalized spacial score (nSPS) is 11.2. The van der Waals surface area contributed by atoms with Crippen LogP contribution in [0.2, 0.25) is 0 Å². The predicted octanol–water partition coefficient (Wildman–Crippen LogP) is 0.763. The topological polar surface area (TPSA) is 23.8 Å². The van der Waals surface area contributed by atoms with Gasteiger partial charge in [0.15, 0.2) is 0 Å². The van der Waals surface area contributed by atoms with Crippen molar-refractivity contribution < 1.29 is 18.9 Å². The van der Waals surface area contributed by atoms with Gasteiger partial charge in [0, 0.05) is 0 Å². The minimum absolute atomic E-state index is 0. The first kappa shape index (κ1) is 14.6. The maximum Gasteiger partial charge on any atom is 1.00 e. The molecule has 84 valence electrons. The fraction of sp³-hybridized carbons (Fsp3) is 0.188. The van der Waals surface area contributed by atoms with Crippen LogP contribution < -0.4 is 18.9 Å². The van der Waals surface area contributed by atoms with E-state index in [1.165, 1.54) is 0 Å². The summed E-state index contributed by atoms with van der Waals surface area (Å²) < 4.78 is 0. The number of rotatable bonds is 2. The molecule has 0 aromatic heterocycles. The van der Waals surface area contributed by atoms with Gasteiger partial charge in [-0.3, -0.25) is 0 Å². The van der Waals surface area contributed by atoms with Crippen LogP contribution in [-0.2, 0) is 0 Å². The first-order chi connectivity index (χ1) is 8.22. The third-order valence-electron chi connectivity index (χ3n) is 2.89. The van der Waals surface area contributed by atoms with Gasteiger partial charge in [-0.25, -0.2) is 0 Å². The van der Waals surface area contributed by atoms with Gasteiger partial charge in [0.25, 0.3) is 0 Å². The zero-order valence-corrected chi connectivity index (χ0v) is 11.1. The zero-order valence-electron chi connectivity index (χ0n) is 11.1. The second-order valence-electron chi connectivity index (χ2n) is 4.21. The number of hydrogen-bond acceptors (Lipinski definition) is 1. The largest absolute Gasteiger partial charge is 1.00 e. The maximum atomic E-state index is 9.38. The van der Waals surface area contributed by atoms with E-state index in [0.29, 0.717) is 0 Å². The van der Waals surface area contributed by atoms with Crippen LogP contribution in [0.3, 0.4) is 0 Å². The van der Waals surface area contributed by atoms with Crippen LogP contribution in [-0.4, -0.2) is 0 Å². The Hall–Kier alpha value is -1.47. The fourth-order valence-electron chi connectivity index (χ4n) is 1.94. The first-order valence-corrected chi connectivity index (χ1v) is 5.66. The minimum Gasteiger partial charge on any atom is -0.197 e. The predicted molar refractivity (Wildman–Crippen MR) is 68.7 cm³/mol. The molecule has 0 spiro atoms. The smallest absolute Gasteiger partial charge is 0.197 e. The molecule has 0 N–H and O–H groups in total. The van der Waals surface area contributed by atoms with Crippen LogP contribution in [0, 0.1) is 31.2 Å². The van der Waals surface area contributed by atoms with E-state index in [1.807, 2.05) is 50.2 Å². The Morgan fingerprint density at radius 3 is 2.33 bits per heavy atom. The SMILES string of the molecule is Cc1[c-]c(C(C#N)c2ccccc2)c(C)cc1.[Li+]. The standard InChI is InChI=1S/C16H14N.Li/c1-12-8-9-13(2)15(10-12)16(11-17)14-6-4-3-5-7-14;/h3-9,16H,1-2H3;/q-1;+1. The summed E-state index contributed by atoms with van der Waals surface area (Å²) in [7, 11) is 0. The van der Waals surface area contributed by atoms with Crippen molar-refractivity contribution in [3.05, 3.63) is 70.8 Å². The van der Waals surface area contributed by atoms with Gasteiger partial charge in [-0.2, -0.15) is 34.6 Å². The third kappa shape index (κ3) is 3.05. The van der Waals surface area contributed by atoms with E-state index >= 15 is 0 Å². The van der Waals surface area contributed by atoms with Gasteiger partial charge < -0.3 is 0 Å². The monoisotopic (exact) mass is 227 g/mol. The number of nitrogens with zero attached hydrogens (tertiary/aromatic N) is 1. The van der Waals surface area contributed by atoms with E-state index in [-0.39, 0.29) is 24.8 Å². The summed E-state index contributed by atoms with van der Waals surface area (Å²) in [6, 6.07) is 19.6. The summed E-state index contributed by atoms with van der Waals surface area (Å²) in [5.41, 5.74) is 4.20. The number of hydrogen-bond donors (Lipinski definition) is 0. The summed E-state index contributed by atoms with van der Waals surface area (Å²) in [4.78, 5) is 0. The van der Waals surface area contributed by atoms with Crippen LogP contribution in [0.25, 0.3) is 0 Å². The molecule has 0 aliphatic heterocycles. The minimum atomic E-state index is -0.226. The molecule has 0 bridgehead atoms. The first-order valence-electron chi connectivity index (χ1n) is 5.66. The van der Waals surface area contributed by atoms with Crippen LogP contribution >= 0.6 is 0 Å². The van der Waals surface area contributed by atoms with Crippen molar-refractivity contribution in [1.29, 1.82) is 5.26 Å². The molecule has 1 atom stereocenters. The summed E-state index contributed by atoms with van der Waals surface area (Å²) in [5.74, 6) is -0.226. The molecule has 0 aliphatic rings. The van der Waals surface area contributed by atoms with Gasteiger partial charge in [0.1, 0.15) is 0 Å². The second-order valence-corrected chi connectivity index (χ2v) is 4.21. The van der Waals surface area contributed by atoms with E-state index in [4.69, 9.17) is 0 Å². The quantitative estimate of drug-likeness (QED) is 0.549. The molecule has 0 aliphatic carbocycles. The maximum absolute atomic E-state index is 9.38. The Bertz CT molecular complexity index is 555. The molecule has 1 nitrogen and oxygen atoms in total. The summed E-state index contributed by atoms with van der Waals surface area (Å²) in [5, 5.41) is 9.38. The van der Waals surface area contributed by atoms with Crippen molar-refractivity contribution in [3.8, 4) is 6.07 Å². The molecule has 2 aromatic carbocycles. The van der Waals surface area contributed by atoms with Gasteiger partial charge in [-0.1, -0.05) is 44.2 Å². The molecular formula is C16H14LiN.